The van der Waals surface area contributed by atoms with Gasteiger partial charge in [-0.2, -0.15) is 0 Å². The van der Waals surface area contributed by atoms with Gasteiger partial charge < -0.3 is 9.52 Å². The number of aryl methyl sites for hydroxylation is 1. The number of rotatable bonds is 8. The third-order valence-electron chi connectivity index (χ3n) is 8.92. The van der Waals surface area contributed by atoms with Crippen molar-refractivity contribution in [1.82, 2.24) is 4.98 Å². The molecule has 0 atom stereocenters. The molecule has 2 aromatic heterocycles. The number of pyridine rings is 1. The Morgan fingerprint density at radius 1 is 0.935 bits per heavy atom. The SMILES string of the molecule is CCC(CC)C(=O)/C=C(\O)C(CC)CC.Cc1c2c([c-]c3ccccc13)-c1nc3ccccc3c3oc(CC(C)(C)C)c(c13)S2.[Ir]. The van der Waals surface area contributed by atoms with Crippen LogP contribution in [-0.4, -0.2) is 15.9 Å². The van der Waals surface area contributed by atoms with E-state index in [4.69, 9.17) is 9.40 Å². The third-order valence-corrected chi connectivity index (χ3v) is 10.3. The van der Waals surface area contributed by atoms with Gasteiger partial charge in [0.05, 0.1) is 11.3 Å². The van der Waals surface area contributed by atoms with E-state index in [-0.39, 0.29) is 48.9 Å². The van der Waals surface area contributed by atoms with Crippen molar-refractivity contribution in [2.24, 2.45) is 17.3 Å². The molecule has 46 heavy (non-hydrogen) atoms. The zero-order valence-corrected chi connectivity index (χ0v) is 31.6. The molecule has 6 rings (SSSR count). The molecule has 0 unspecified atom stereocenters. The van der Waals surface area contributed by atoms with Crippen LogP contribution in [0.25, 0.3) is 43.9 Å². The van der Waals surface area contributed by atoms with Gasteiger partial charge in [0, 0.05) is 65.8 Å². The number of furan rings is 1. The second kappa shape index (κ2) is 14.9. The first-order valence-corrected chi connectivity index (χ1v) is 17.2. The van der Waals surface area contributed by atoms with Gasteiger partial charge in [-0.3, -0.25) is 9.78 Å². The van der Waals surface area contributed by atoms with Crippen LogP contribution in [0.2, 0.25) is 0 Å². The summed E-state index contributed by atoms with van der Waals surface area (Å²) in [6.45, 7) is 17.1. The van der Waals surface area contributed by atoms with E-state index in [1.807, 2.05) is 45.5 Å². The van der Waals surface area contributed by atoms with Gasteiger partial charge in [0.2, 0.25) is 0 Å². The van der Waals surface area contributed by atoms with Crippen LogP contribution in [0.4, 0.5) is 0 Å². The number of hydrogen-bond donors (Lipinski definition) is 1. The topological polar surface area (TPSA) is 63.3 Å². The maximum Gasteiger partial charge on any atom is 0.162 e. The quantitative estimate of drug-likeness (QED) is 0.0942. The minimum atomic E-state index is 0. The van der Waals surface area contributed by atoms with Gasteiger partial charge in [-0.1, -0.05) is 102 Å². The maximum atomic E-state index is 11.7. The Labute approximate surface area is 291 Å². The molecule has 0 bridgehead atoms. The molecule has 0 saturated carbocycles. The molecule has 1 aliphatic rings. The number of aromatic nitrogens is 1. The number of carbonyl (C=O) groups is 1. The number of hydrogen-bond acceptors (Lipinski definition) is 5. The fraction of sp³-hybridized carbons (Fsp3) is 0.400. The largest absolute Gasteiger partial charge is 0.512 e. The molecule has 4 nitrogen and oxygen atoms in total. The molecule has 0 saturated heterocycles. The predicted molar refractivity (Wildman–Crippen MR) is 189 cm³/mol. The fourth-order valence-corrected chi connectivity index (χ4v) is 7.53. The smallest absolute Gasteiger partial charge is 0.162 e. The van der Waals surface area contributed by atoms with E-state index in [0.29, 0.717) is 0 Å². The Bertz CT molecular complexity index is 1890. The summed E-state index contributed by atoms with van der Waals surface area (Å²) in [5, 5.41) is 14.4. The van der Waals surface area contributed by atoms with Crippen molar-refractivity contribution in [3.8, 4) is 11.3 Å². The van der Waals surface area contributed by atoms with Gasteiger partial charge in [0.25, 0.3) is 0 Å². The van der Waals surface area contributed by atoms with Crippen LogP contribution in [0.15, 0.2) is 74.6 Å². The summed E-state index contributed by atoms with van der Waals surface area (Å²) in [5.41, 5.74) is 5.47. The average Bonchev–Trinajstić information content (AvgIpc) is 3.36. The van der Waals surface area contributed by atoms with E-state index in [1.54, 1.807) is 0 Å². The number of aliphatic hydroxyl groups is 1. The molecule has 1 radical (unpaired) electrons. The van der Waals surface area contributed by atoms with Gasteiger partial charge in [0.1, 0.15) is 11.3 Å². The molecule has 245 valence electrons. The number of fused-ring (bicyclic) bond motifs is 5. The van der Waals surface area contributed by atoms with Crippen LogP contribution in [-0.2, 0) is 31.3 Å². The number of para-hydroxylation sites is 1. The van der Waals surface area contributed by atoms with Crippen LogP contribution in [0.1, 0.15) is 85.5 Å². The Hall–Kier alpha value is -2.92. The van der Waals surface area contributed by atoms with Crippen LogP contribution in [0.5, 0.6) is 0 Å². The van der Waals surface area contributed by atoms with Crippen molar-refractivity contribution < 1.29 is 34.4 Å². The molecule has 1 N–H and O–H groups in total. The van der Waals surface area contributed by atoms with E-state index >= 15 is 0 Å². The van der Waals surface area contributed by atoms with Crippen LogP contribution in [0, 0.1) is 30.2 Å². The molecule has 1 aliphatic heterocycles. The number of allylic oxidation sites excluding steroid dienone is 2. The van der Waals surface area contributed by atoms with Crippen LogP contribution in [0.3, 0.4) is 0 Å². The van der Waals surface area contributed by atoms with E-state index in [0.717, 1.165) is 76.4 Å². The van der Waals surface area contributed by atoms with Crippen molar-refractivity contribution in [2.45, 2.75) is 97.3 Å². The summed E-state index contributed by atoms with van der Waals surface area (Å²) in [6.07, 6.45) is 5.80. The number of carbonyl (C=O) groups excluding carboxylic acids is 1. The summed E-state index contributed by atoms with van der Waals surface area (Å²) in [5.74, 6) is 1.62. The summed E-state index contributed by atoms with van der Waals surface area (Å²) in [4.78, 5) is 19.3. The zero-order valence-electron chi connectivity index (χ0n) is 28.3. The summed E-state index contributed by atoms with van der Waals surface area (Å²) < 4.78 is 6.59. The third kappa shape index (κ3) is 7.15. The molecule has 3 heterocycles. The van der Waals surface area contributed by atoms with Crippen molar-refractivity contribution in [3.63, 3.8) is 0 Å². The monoisotopic (exact) mass is 813 g/mol. The maximum absolute atomic E-state index is 11.7. The molecule has 0 spiro atoms. The molecule has 5 aromatic rings. The van der Waals surface area contributed by atoms with Crippen LogP contribution < -0.4 is 0 Å². The van der Waals surface area contributed by atoms with Gasteiger partial charge >= 0.3 is 0 Å². The standard InChI is InChI=1S/C27H22NOS.C13H24O2.Ir/c1-15-17-10-6-5-9-16(17)13-19-23-22-24(18-11-7-8-12-20(18)28-23)29-21(14-27(2,3)4)26(22)30-25(15)19;1-5-10(6-2)12(14)9-13(15)11(7-3)8-4;/h5-12H,14H2,1-4H3;9-11,14H,5-8H2,1-4H3;/q-1;;/b;12-9-;. The molecule has 3 aromatic carbocycles. The zero-order chi connectivity index (χ0) is 32.5. The van der Waals surface area contributed by atoms with Crippen LogP contribution >= 0.6 is 11.8 Å². The first kappa shape index (κ1) is 35.9. The van der Waals surface area contributed by atoms with E-state index in [2.05, 4.69) is 76.2 Å². The number of aliphatic hydroxyl groups excluding tert-OH is 1. The van der Waals surface area contributed by atoms with Gasteiger partial charge in [-0.05, 0) is 48.1 Å². The Morgan fingerprint density at radius 3 is 2.17 bits per heavy atom. The molecule has 0 amide bonds. The van der Waals surface area contributed by atoms with E-state index in [9.17, 15) is 9.90 Å². The molecule has 6 heteroatoms. The molecular formula is C40H46IrNO3S-. The van der Waals surface area contributed by atoms with Gasteiger partial charge in [-0.25, -0.2) is 0 Å². The summed E-state index contributed by atoms with van der Waals surface area (Å²) in [7, 11) is 0. The first-order valence-electron chi connectivity index (χ1n) is 16.4. The van der Waals surface area contributed by atoms with Crippen molar-refractivity contribution in [3.05, 3.63) is 77.8 Å². The summed E-state index contributed by atoms with van der Waals surface area (Å²) >= 11 is 1.83. The van der Waals surface area contributed by atoms with Crippen molar-refractivity contribution >= 4 is 50.2 Å². The number of ketones is 1. The first-order chi connectivity index (χ1) is 21.5. The summed E-state index contributed by atoms with van der Waals surface area (Å²) in [6, 6.07) is 20.5. The predicted octanol–water partition coefficient (Wildman–Crippen LogP) is 11.8. The average molecular weight is 813 g/mol. The van der Waals surface area contributed by atoms with Gasteiger partial charge in [0.15, 0.2) is 5.78 Å². The minimum absolute atomic E-state index is 0. The Kier molecular flexibility index (Phi) is 11.6. The number of nitrogens with zero attached hydrogens (tertiary/aromatic N) is 1. The van der Waals surface area contributed by atoms with Gasteiger partial charge in [-0.15, -0.1) is 29.3 Å². The fourth-order valence-electron chi connectivity index (χ4n) is 6.29. The Morgan fingerprint density at radius 2 is 1.54 bits per heavy atom. The van der Waals surface area contributed by atoms with Crippen molar-refractivity contribution in [1.29, 1.82) is 0 Å². The minimum Gasteiger partial charge on any atom is -0.512 e. The molecule has 0 fully saturated rings. The van der Waals surface area contributed by atoms with E-state index < -0.39 is 0 Å². The Balaban J connectivity index is 0.000000259. The second-order valence-electron chi connectivity index (χ2n) is 13.4. The van der Waals surface area contributed by atoms with Crippen molar-refractivity contribution in [2.75, 3.05) is 0 Å². The van der Waals surface area contributed by atoms with E-state index in [1.165, 1.54) is 26.8 Å². The number of benzene rings is 3. The molecule has 0 aliphatic carbocycles. The second-order valence-corrected chi connectivity index (χ2v) is 14.4. The normalized spacial score (nSPS) is 12.8. The molecular weight excluding hydrogens is 767 g/mol.